The fourth-order valence-corrected chi connectivity index (χ4v) is 3.90. The first kappa shape index (κ1) is 16.0. The van der Waals surface area contributed by atoms with Gasteiger partial charge in [-0.15, -0.1) is 11.3 Å². The fourth-order valence-electron chi connectivity index (χ4n) is 2.67. The number of fused-ring (bicyclic) bond motifs is 1. The van der Waals surface area contributed by atoms with Crippen LogP contribution in [0.4, 0.5) is 5.82 Å². The normalized spacial score (nSPS) is 11.1. The van der Waals surface area contributed by atoms with Crippen LogP contribution in [-0.2, 0) is 12.8 Å². The molecule has 0 bridgehead atoms. The van der Waals surface area contributed by atoms with Crippen molar-refractivity contribution in [2.45, 2.75) is 12.8 Å². The Labute approximate surface area is 154 Å². The van der Waals surface area contributed by atoms with Crippen LogP contribution in [0.25, 0.3) is 21.6 Å². The molecule has 3 aromatic heterocycles. The van der Waals surface area contributed by atoms with Gasteiger partial charge in [0.25, 0.3) is 0 Å². The Kier molecular flexibility index (Phi) is 4.34. The number of hydrogen-bond acceptors (Lipinski definition) is 5. The Morgan fingerprint density at radius 2 is 1.92 bits per heavy atom. The molecule has 4 rings (SSSR count). The molecule has 6 heteroatoms. The number of halogens is 1. The summed E-state index contributed by atoms with van der Waals surface area (Å²) >= 11 is 7.72. The van der Waals surface area contributed by atoms with E-state index < -0.39 is 0 Å². The summed E-state index contributed by atoms with van der Waals surface area (Å²) in [7, 11) is 0. The first-order valence-corrected chi connectivity index (χ1v) is 9.10. The molecule has 0 radical (unpaired) electrons. The Bertz CT molecular complexity index is 1030. The second-order valence-corrected chi connectivity index (χ2v) is 7.25. The number of anilines is 1. The molecular weight excluding hydrogens is 352 g/mol. The van der Waals surface area contributed by atoms with Gasteiger partial charge in [0.1, 0.15) is 10.6 Å². The highest BCUT2D eigenvalue weighted by Crippen LogP contribution is 2.31. The second kappa shape index (κ2) is 6.78. The molecule has 0 fully saturated rings. The minimum absolute atomic E-state index is 0.500. The first-order chi connectivity index (χ1) is 12.2. The van der Waals surface area contributed by atoms with E-state index in [1.165, 1.54) is 4.88 Å². The Morgan fingerprint density at radius 1 is 1.00 bits per heavy atom. The van der Waals surface area contributed by atoms with Crippen LogP contribution in [0.15, 0.2) is 54.7 Å². The molecule has 4 aromatic rings. The summed E-state index contributed by atoms with van der Waals surface area (Å²) in [5.74, 6) is 1.10. The number of nitrogens with two attached hydrogens (primary N) is 1. The smallest absolute Gasteiger partial charge is 0.163 e. The van der Waals surface area contributed by atoms with Gasteiger partial charge in [-0.3, -0.25) is 4.98 Å². The van der Waals surface area contributed by atoms with E-state index in [1.807, 2.05) is 48.7 Å². The molecule has 4 nitrogen and oxygen atoms in total. The molecule has 0 saturated carbocycles. The number of benzene rings is 1. The second-order valence-electron chi connectivity index (χ2n) is 5.70. The number of aromatic nitrogens is 3. The molecule has 1 aromatic carbocycles. The van der Waals surface area contributed by atoms with Crippen molar-refractivity contribution in [2.75, 3.05) is 5.73 Å². The topological polar surface area (TPSA) is 64.7 Å². The molecule has 2 N–H and O–H groups in total. The standard InChI is InChI=1S/C19H15ClN4S/c20-13-5-3-4-12(10-13)18-23-17(21)16-11-15(25-19(16)24-18)8-7-14-6-1-2-9-22-14/h1-6,9-11H,7-8H2,(H2,21,23,24). The number of pyridine rings is 1. The average Bonchev–Trinajstić information content (AvgIpc) is 3.05. The Hall–Kier alpha value is -2.50. The van der Waals surface area contributed by atoms with Gasteiger partial charge in [0.2, 0.25) is 0 Å². The molecule has 124 valence electrons. The molecule has 3 heterocycles. The first-order valence-electron chi connectivity index (χ1n) is 7.91. The SMILES string of the molecule is Nc1nc(-c2cccc(Cl)c2)nc2sc(CCc3ccccn3)cc12. The van der Waals surface area contributed by atoms with Gasteiger partial charge in [0.15, 0.2) is 5.82 Å². The van der Waals surface area contributed by atoms with Crippen LogP contribution < -0.4 is 5.73 Å². The lowest BCUT2D eigenvalue weighted by atomic mass is 10.2. The van der Waals surface area contributed by atoms with Crippen LogP contribution in [0.3, 0.4) is 0 Å². The van der Waals surface area contributed by atoms with Gasteiger partial charge in [-0.1, -0.05) is 29.8 Å². The van der Waals surface area contributed by atoms with Crippen LogP contribution in [0.5, 0.6) is 0 Å². The van der Waals surface area contributed by atoms with Gasteiger partial charge in [-0.25, -0.2) is 9.97 Å². The summed E-state index contributed by atoms with van der Waals surface area (Å²) in [6, 6.07) is 15.5. The third kappa shape index (κ3) is 3.48. The lowest BCUT2D eigenvalue weighted by Gasteiger charge is -2.02. The third-order valence-electron chi connectivity index (χ3n) is 3.91. The molecule has 0 aliphatic heterocycles. The highest BCUT2D eigenvalue weighted by atomic mass is 35.5. The number of nitrogens with zero attached hydrogens (tertiary/aromatic N) is 3. The van der Waals surface area contributed by atoms with E-state index >= 15 is 0 Å². The fraction of sp³-hybridized carbons (Fsp3) is 0.105. The molecule has 0 unspecified atom stereocenters. The molecule has 0 aliphatic carbocycles. The molecule has 0 spiro atoms. The van der Waals surface area contributed by atoms with Gasteiger partial charge in [-0.05, 0) is 43.2 Å². The molecule has 25 heavy (non-hydrogen) atoms. The highest BCUT2D eigenvalue weighted by molar-refractivity contribution is 7.18. The van der Waals surface area contributed by atoms with E-state index in [0.29, 0.717) is 16.7 Å². The predicted octanol–water partition coefficient (Wildman–Crippen LogP) is 4.77. The number of hydrogen-bond donors (Lipinski definition) is 1. The minimum Gasteiger partial charge on any atom is -0.383 e. The van der Waals surface area contributed by atoms with Crippen molar-refractivity contribution in [2.24, 2.45) is 0 Å². The van der Waals surface area contributed by atoms with Crippen molar-refractivity contribution in [1.29, 1.82) is 0 Å². The quantitative estimate of drug-likeness (QED) is 0.564. The van der Waals surface area contributed by atoms with Gasteiger partial charge in [0.05, 0.1) is 5.39 Å². The monoisotopic (exact) mass is 366 g/mol. The highest BCUT2D eigenvalue weighted by Gasteiger charge is 2.11. The van der Waals surface area contributed by atoms with Crippen molar-refractivity contribution in [1.82, 2.24) is 15.0 Å². The number of nitrogen functional groups attached to an aromatic ring is 1. The van der Waals surface area contributed by atoms with Crippen LogP contribution in [-0.4, -0.2) is 15.0 Å². The van der Waals surface area contributed by atoms with Crippen molar-refractivity contribution in [3.8, 4) is 11.4 Å². The van der Waals surface area contributed by atoms with E-state index in [0.717, 1.165) is 34.3 Å². The van der Waals surface area contributed by atoms with Gasteiger partial charge >= 0.3 is 0 Å². The van der Waals surface area contributed by atoms with Crippen molar-refractivity contribution in [3.63, 3.8) is 0 Å². The summed E-state index contributed by atoms with van der Waals surface area (Å²) in [5.41, 5.74) is 8.11. The van der Waals surface area contributed by atoms with E-state index in [1.54, 1.807) is 11.3 Å². The van der Waals surface area contributed by atoms with Crippen LogP contribution in [0.1, 0.15) is 10.6 Å². The summed E-state index contributed by atoms with van der Waals surface area (Å²) in [5, 5.41) is 1.56. The van der Waals surface area contributed by atoms with Crippen LogP contribution in [0.2, 0.25) is 5.02 Å². The van der Waals surface area contributed by atoms with E-state index in [2.05, 4.69) is 21.0 Å². The molecule has 0 aliphatic rings. The molecular formula is C19H15ClN4S. The van der Waals surface area contributed by atoms with Crippen LogP contribution >= 0.6 is 22.9 Å². The molecule has 0 atom stereocenters. The molecule has 0 amide bonds. The third-order valence-corrected chi connectivity index (χ3v) is 5.23. The lowest BCUT2D eigenvalue weighted by Crippen LogP contribution is -1.95. The zero-order valence-electron chi connectivity index (χ0n) is 13.3. The number of thiophene rings is 1. The van der Waals surface area contributed by atoms with Crippen LogP contribution in [0, 0.1) is 0 Å². The summed E-state index contributed by atoms with van der Waals surface area (Å²) in [6.07, 6.45) is 3.62. The largest absolute Gasteiger partial charge is 0.383 e. The predicted molar refractivity (Wildman–Crippen MR) is 104 cm³/mol. The minimum atomic E-state index is 0.500. The summed E-state index contributed by atoms with van der Waals surface area (Å²) < 4.78 is 0. The van der Waals surface area contributed by atoms with E-state index in [4.69, 9.17) is 17.3 Å². The van der Waals surface area contributed by atoms with Gasteiger partial charge in [0, 0.05) is 27.4 Å². The Balaban J connectivity index is 1.65. The maximum Gasteiger partial charge on any atom is 0.163 e. The average molecular weight is 367 g/mol. The van der Waals surface area contributed by atoms with Crippen molar-refractivity contribution < 1.29 is 0 Å². The zero-order chi connectivity index (χ0) is 17.2. The van der Waals surface area contributed by atoms with Gasteiger partial charge < -0.3 is 5.73 Å². The lowest BCUT2D eigenvalue weighted by molar-refractivity contribution is 0.929. The summed E-state index contributed by atoms with van der Waals surface area (Å²) in [4.78, 5) is 15.6. The zero-order valence-corrected chi connectivity index (χ0v) is 14.9. The Morgan fingerprint density at radius 3 is 2.72 bits per heavy atom. The van der Waals surface area contributed by atoms with E-state index in [-0.39, 0.29) is 0 Å². The number of aryl methyl sites for hydroxylation is 2. The maximum atomic E-state index is 6.16. The van der Waals surface area contributed by atoms with Gasteiger partial charge in [-0.2, -0.15) is 0 Å². The van der Waals surface area contributed by atoms with Crippen molar-refractivity contribution >= 4 is 39.0 Å². The maximum absolute atomic E-state index is 6.16. The summed E-state index contributed by atoms with van der Waals surface area (Å²) in [6.45, 7) is 0. The number of rotatable bonds is 4. The van der Waals surface area contributed by atoms with E-state index in [9.17, 15) is 0 Å². The van der Waals surface area contributed by atoms with Crippen molar-refractivity contribution in [3.05, 3.63) is 70.3 Å². The molecule has 0 saturated heterocycles.